The summed E-state index contributed by atoms with van der Waals surface area (Å²) in [7, 11) is -5.43. The highest BCUT2D eigenvalue weighted by molar-refractivity contribution is 7.19. The van der Waals surface area contributed by atoms with Crippen LogP contribution in [0.4, 0.5) is 0 Å². The smallest absolute Gasteiger partial charge is 0.238 e. The van der Waals surface area contributed by atoms with E-state index >= 15 is 0 Å². The van der Waals surface area contributed by atoms with Crippen molar-refractivity contribution >= 4 is 94.2 Å². The molecule has 15 rings (SSSR count). The predicted octanol–water partition coefficient (Wildman–Crippen LogP) is 13.9. The molecule has 0 aliphatic rings. The lowest BCUT2D eigenvalue weighted by molar-refractivity contribution is 0.950. The van der Waals surface area contributed by atoms with Crippen LogP contribution in [-0.4, -0.2) is 36.7 Å². The van der Waals surface area contributed by atoms with E-state index in [2.05, 4.69) is 51.6 Å². The Bertz CT molecular complexity index is 5650. The van der Waals surface area contributed by atoms with Crippen LogP contribution in [0.5, 0.6) is 0 Å². The molecule has 0 amide bonds. The summed E-state index contributed by atoms with van der Waals surface area (Å²) >= 11 is 0. The van der Waals surface area contributed by atoms with Crippen LogP contribution in [0.15, 0.2) is 279 Å². The summed E-state index contributed by atoms with van der Waals surface area (Å²) in [6.45, 7) is 0. The van der Waals surface area contributed by atoms with E-state index in [1.807, 2.05) is 84.9 Å². The summed E-state index contributed by atoms with van der Waals surface area (Å²) in [5.41, 5.74) is 5.05. The van der Waals surface area contributed by atoms with E-state index in [1.165, 1.54) is 24.3 Å². The number of rotatable bonds is 9. The minimum absolute atomic E-state index is 0.0365. The minimum Gasteiger partial charge on any atom is -0.309 e. The van der Waals surface area contributed by atoms with E-state index < -0.39 is 161 Å². The fourth-order valence-electron chi connectivity index (χ4n) is 11.0. The van der Waals surface area contributed by atoms with E-state index in [9.17, 15) is 13.7 Å². The molecule has 0 aliphatic heterocycles. The first-order valence-corrected chi connectivity index (χ1v) is 26.3. The van der Waals surface area contributed by atoms with Gasteiger partial charge >= 0.3 is 0 Å². The molecular weight excluding hydrogens is 941 g/mol. The zero-order chi connectivity index (χ0) is 66.7. The molecular formula is C69H46N6Si. The van der Waals surface area contributed by atoms with Crippen molar-refractivity contribution in [2.75, 3.05) is 0 Å². The standard InChI is InChI=1S/C69H46N6Si/c1-5-22-47(23-6-1)67-70-68(48-40-43-53(44-41-48)76(50-24-7-2-8-25-50,51-26-9-3-10-27-51)52-28-11-4-12-29-52)72-69(71-67)75-63-38-20-15-32-56(63)58-34-21-39-65(66(58)75)74-62-37-19-16-33-57(62)59-46-49(42-45-64(59)74)73-60-35-17-13-30-54(60)55-31-14-18-36-61(55)73/h1-46H/i1D,2D,3D,5D,6D,7D,8D,9D,10D,22D,23D,24D,25D,26D,27D,40D,41D,43D,44D. The molecule has 0 radical (unpaired) electrons. The Kier molecular flexibility index (Phi) is 6.61. The van der Waals surface area contributed by atoms with E-state index in [4.69, 9.17) is 27.3 Å². The third kappa shape index (κ3) is 6.69. The molecule has 7 heteroatoms. The van der Waals surface area contributed by atoms with E-state index in [0.717, 1.165) is 49.3 Å². The van der Waals surface area contributed by atoms with Gasteiger partial charge in [0.2, 0.25) is 5.95 Å². The first-order chi connectivity index (χ1) is 45.6. The lowest BCUT2D eigenvalue weighted by Crippen LogP contribution is -2.74. The molecule has 0 saturated heterocycles. The molecule has 0 N–H and O–H groups in total. The second-order valence-corrected chi connectivity index (χ2v) is 21.7. The Morgan fingerprint density at radius 2 is 0.763 bits per heavy atom. The molecule has 76 heavy (non-hydrogen) atoms. The van der Waals surface area contributed by atoms with Crippen molar-refractivity contribution in [2.45, 2.75) is 0 Å². The third-order valence-electron chi connectivity index (χ3n) is 14.1. The summed E-state index contributed by atoms with van der Waals surface area (Å²) in [6, 6.07) is 35.1. The Hall–Kier alpha value is -9.95. The minimum atomic E-state index is -5.43. The lowest BCUT2D eigenvalue weighted by atomic mass is 10.1. The van der Waals surface area contributed by atoms with Crippen LogP contribution in [0.3, 0.4) is 0 Å². The topological polar surface area (TPSA) is 53.5 Å². The van der Waals surface area contributed by atoms with Gasteiger partial charge in [-0.25, -0.2) is 4.98 Å². The van der Waals surface area contributed by atoms with Crippen LogP contribution in [0, 0.1) is 0 Å². The largest absolute Gasteiger partial charge is 0.309 e. The number of hydrogen-bond acceptors (Lipinski definition) is 3. The summed E-state index contributed by atoms with van der Waals surface area (Å²) in [4.78, 5) is 14.7. The lowest BCUT2D eigenvalue weighted by Gasteiger charge is -2.34. The van der Waals surface area contributed by atoms with Gasteiger partial charge < -0.3 is 9.13 Å². The van der Waals surface area contributed by atoms with E-state index in [-0.39, 0.29) is 11.1 Å². The van der Waals surface area contributed by atoms with Crippen molar-refractivity contribution in [3.05, 3.63) is 279 Å². The van der Waals surface area contributed by atoms with Gasteiger partial charge in [0.15, 0.2) is 19.7 Å². The second-order valence-electron chi connectivity index (χ2n) is 18.1. The highest BCUT2D eigenvalue weighted by Crippen LogP contribution is 2.41. The van der Waals surface area contributed by atoms with Gasteiger partial charge in [0.1, 0.15) is 0 Å². The van der Waals surface area contributed by atoms with Crippen molar-refractivity contribution < 1.29 is 26.0 Å². The van der Waals surface area contributed by atoms with Crippen molar-refractivity contribution in [1.82, 2.24) is 28.7 Å². The Balaban J connectivity index is 1.05. The van der Waals surface area contributed by atoms with Gasteiger partial charge in [-0.1, -0.05) is 230 Å². The molecule has 6 nitrogen and oxygen atoms in total. The summed E-state index contributed by atoms with van der Waals surface area (Å²) in [5.74, 6) is -1.40. The summed E-state index contributed by atoms with van der Waals surface area (Å²) < 4.78 is 183. The van der Waals surface area contributed by atoms with E-state index in [1.54, 1.807) is 16.7 Å². The number of nitrogens with zero attached hydrogens (tertiary/aromatic N) is 6. The SMILES string of the molecule is [2H]c1c([2H])c([2H])c(-c2nc(-c3c([2H])c([2H])c([Si](c4ccccc4)(c4c([2H])c([2H])c([2H])c([2H])c4[2H])c4c([2H])c([2H])c([2H])c([2H])c4[2H])c([2H])c3[2H])nc(-n3c4ccccc4c4cccc(-n5c6ccccc6c6cc(-n7c8ccccc8c8ccccc87)ccc65)c43)n2)c([2H])c1[2H]. The Morgan fingerprint density at radius 3 is 1.36 bits per heavy atom. The highest BCUT2D eigenvalue weighted by atomic mass is 28.3. The van der Waals surface area contributed by atoms with Crippen molar-refractivity contribution in [2.24, 2.45) is 0 Å². The first-order valence-electron chi connectivity index (χ1n) is 33.8. The molecule has 0 bridgehead atoms. The van der Waals surface area contributed by atoms with Gasteiger partial charge in [-0.3, -0.25) is 4.57 Å². The molecule has 4 aromatic heterocycles. The summed E-state index contributed by atoms with van der Waals surface area (Å²) in [6.07, 6.45) is 0. The van der Waals surface area contributed by atoms with Crippen LogP contribution in [-0.2, 0) is 0 Å². The summed E-state index contributed by atoms with van der Waals surface area (Å²) in [5, 5.41) is 3.48. The average Bonchev–Trinajstić information content (AvgIpc) is 1.51. The zero-order valence-corrected chi connectivity index (χ0v) is 40.8. The quantitative estimate of drug-likeness (QED) is 0.107. The van der Waals surface area contributed by atoms with Crippen LogP contribution in [0.25, 0.3) is 106 Å². The number of para-hydroxylation sites is 5. The molecule has 0 aliphatic carbocycles. The fourth-order valence-corrected chi connectivity index (χ4v) is 14.8. The van der Waals surface area contributed by atoms with Gasteiger partial charge in [0, 0.05) is 49.1 Å². The average molecular weight is 1010 g/mol. The predicted molar refractivity (Wildman–Crippen MR) is 317 cm³/mol. The van der Waals surface area contributed by atoms with Gasteiger partial charge in [0.25, 0.3) is 0 Å². The molecule has 0 spiro atoms. The molecule has 0 atom stereocenters. The molecule has 356 valence electrons. The van der Waals surface area contributed by atoms with Crippen LogP contribution < -0.4 is 20.7 Å². The number of fused-ring (bicyclic) bond motifs is 9. The fraction of sp³-hybridized carbons (Fsp3) is 0. The number of hydrogen-bond donors (Lipinski definition) is 0. The Labute approximate surface area is 466 Å². The maximum atomic E-state index is 10.3. The van der Waals surface area contributed by atoms with Gasteiger partial charge in [-0.15, -0.1) is 0 Å². The molecule has 11 aromatic carbocycles. The number of benzene rings is 11. The monoisotopic (exact) mass is 1010 g/mol. The number of aromatic nitrogens is 6. The van der Waals surface area contributed by atoms with Crippen LogP contribution >= 0.6 is 0 Å². The molecule has 15 aromatic rings. The van der Waals surface area contributed by atoms with E-state index in [0.29, 0.717) is 27.5 Å². The Morgan fingerprint density at radius 1 is 0.316 bits per heavy atom. The van der Waals surface area contributed by atoms with Crippen molar-refractivity contribution in [3.63, 3.8) is 0 Å². The van der Waals surface area contributed by atoms with Gasteiger partial charge in [-0.2, -0.15) is 9.97 Å². The van der Waals surface area contributed by atoms with Gasteiger partial charge in [0.05, 0.1) is 64.8 Å². The molecule has 0 saturated carbocycles. The van der Waals surface area contributed by atoms with Crippen molar-refractivity contribution in [3.8, 4) is 40.1 Å². The molecule has 0 fully saturated rings. The highest BCUT2D eigenvalue weighted by Gasteiger charge is 2.41. The van der Waals surface area contributed by atoms with Crippen LogP contribution in [0.1, 0.15) is 26.0 Å². The van der Waals surface area contributed by atoms with Crippen LogP contribution in [0.2, 0.25) is 0 Å². The maximum Gasteiger partial charge on any atom is 0.238 e. The maximum absolute atomic E-state index is 10.3. The van der Waals surface area contributed by atoms with Crippen molar-refractivity contribution in [1.29, 1.82) is 0 Å². The third-order valence-corrected chi connectivity index (χ3v) is 18.3. The molecule has 0 unspecified atom stereocenters. The normalized spacial score (nSPS) is 15.4. The zero-order valence-electron chi connectivity index (χ0n) is 58.8. The second kappa shape index (κ2) is 17.6. The molecule has 4 heterocycles. The first kappa shape index (κ1) is 28.5. The van der Waals surface area contributed by atoms with Gasteiger partial charge in [-0.05, 0) is 69.3 Å².